The summed E-state index contributed by atoms with van der Waals surface area (Å²) in [4.78, 5) is 15.5. The minimum atomic E-state index is -0.196. The quantitative estimate of drug-likeness (QED) is 0.872. The number of carbonyl (C=O) groups is 1. The lowest BCUT2D eigenvalue weighted by atomic mass is 10.2. The van der Waals surface area contributed by atoms with E-state index in [2.05, 4.69) is 26.2 Å². The number of thiazole rings is 1. The van der Waals surface area contributed by atoms with E-state index in [0.29, 0.717) is 5.69 Å². The van der Waals surface area contributed by atoms with Gasteiger partial charge in [0.2, 0.25) is 0 Å². The van der Waals surface area contributed by atoms with E-state index in [-0.39, 0.29) is 17.3 Å². The molecule has 0 aromatic carbocycles. The Labute approximate surface area is 100.0 Å². The van der Waals surface area contributed by atoms with Crippen molar-refractivity contribution in [3.8, 4) is 0 Å². The number of rotatable bonds is 3. The molecule has 2 unspecified atom stereocenters. The molecule has 78 valence electrons. The van der Waals surface area contributed by atoms with Gasteiger partial charge in [-0.05, 0) is 29.8 Å². The third kappa shape index (κ3) is 2.93. The smallest absolute Gasteiger partial charge is 0.272 e. The van der Waals surface area contributed by atoms with Crippen molar-refractivity contribution in [3.05, 3.63) is 15.0 Å². The van der Waals surface area contributed by atoms with Gasteiger partial charge in [-0.1, -0.05) is 0 Å². The molecule has 0 fully saturated rings. The van der Waals surface area contributed by atoms with Crippen LogP contribution in [0, 0.1) is 0 Å². The maximum atomic E-state index is 11.6. The number of amides is 1. The highest BCUT2D eigenvalue weighted by Gasteiger charge is 2.17. The zero-order valence-electron chi connectivity index (χ0n) is 7.75. The van der Waals surface area contributed by atoms with E-state index in [9.17, 15) is 4.79 Å². The number of alkyl halides is 1. The predicted molar refractivity (Wildman–Crippen MR) is 62.1 cm³/mol. The Morgan fingerprint density at radius 1 is 1.71 bits per heavy atom. The molecule has 3 nitrogen and oxygen atoms in total. The van der Waals surface area contributed by atoms with Gasteiger partial charge in [0.1, 0.15) is 3.79 Å². The lowest BCUT2D eigenvalue weighted by Crippen LogP contribution is -2.37. The summed E-state index contributed by atoms with van der Waals surface area (Å²) in [5.41, 5.74) is 2.03. The van der Waals surface area contributed by atoms with Crippen LogP contribution >= 0.6 is 38.9 Å². The maximum absolute atomic E-state index is 11.6. The maximum Gasteiger partial charge on any atom is 0.272 e. The second-order valence-corrected chi connectivity index (χ2v) is 5.78. The average molecular weight is 298 g/mol. The number of hydrogen-bond donors (Lipinski definition) is 1. The zero-order chi connectivity index (χ0) is 10.7. The van der Waals surface area contributed by atoms with Gasteiger partial charge in [0.25, 0.3) is 5.91 Å². The van der Waals surface area contributed by atoms with Gasteiger partial charge in [0.05, 0.1) is 10.9 Å². The third-order valence-corrected chi connectivity index (χ3v) is 3.71. The first-order chi connectivity index (χ1) is 6.52. The highest BCUT2D eigenvalue weighted by molar-refractivity contribution is 9.11. The molecule has 0 aliphatic heterocycles. The van der Waals surface area contributed by atoms with Crippen LogP contribution in [-0.4, -0.2) is 22.3 Å². The topological polar surface area (TPSA) is 42.0 Å². The molecule has 1 rings (SSSR count). The highest BCUT2D eigenvalue weighted by atomic mass is 79.9. The molecule has 2 atom stereocenters. The molecule has 0 bridgehead atoms. The monoisotopic (exact) mass is 296 g/mol. The van der Waals surface area contributed by atoms with Gasteiger partial charge < -0.3 is 5.32 Å². The summed E-state index contributed by atoms with van der Waals surface area (Å²) in [6.07, 6.45) is 0. The summed E-state index contributed by atoms with van der Waals surface area (Å²) in [5.74, 6) is -0.196. The highest BCUT2D eigenvalue weighted by Crippen LogP contribution is 2.20. The van der Waals surface area contributed by atoms with Gasteiger partial charge >= 0.3 is 0 Å². The van der Waals surface area contributed by atoms with Crippen molar-refractivity contribution in [2.75, 3.05) is 0 Å². The van der Waals surface area contributed by atoms with E-state index in [1.807, 2.05) is 13.8 Å². The van der Waals surface area contributed by atoms with Crippen molar-refractivity contribution in [2.24, 2.45) is 0 Å². The molecule has 0 radical (unpaired) electrons. The number of hydrogen-bond acceptors (Lipinski definition) is 3. The van der Waals surface area contributed by atoms with Crippen LogP contribution in [0.4, 0.5) is 0 Å². The number of halogens is 2. The fraction of sp³-hybridized carbons (Fsp3) is 0.500. The molecule has 14 heavy (non-hydrogen) atoms. The number of nitrogens with one attached hydrogen (secondary N) is 1. The Morgan fingerprint density at radius 3 is 2.79 bits per heavy atom. The van der Waals surface area contributed by atoms with Crippen molar-refractivity contribution in [1.29, 1.82) is 0 Å². The van der Waals surface area contributed by atoms with Crippen LogP contribution in [0.5, 0.6) is 0 Å². The van der Waals surface area contributed by atoms with Gasteiger partial charge in [-0.15, -0.1) is 22.9 Å². The Hall–Kier alpha value is -0.130. The lowest BCUT2D eigenvalue weighted by molar-refractivity contribution is 0.0934. The summed E-state index contributed by atoms with van der Waals surface area (Å²) in [7, 11) is 0. The second-order valence-electron chi connectivity index (χ2n) is 2.91. The summed E-state index contributed by atoms with van der Waals surface area (Å²) < 4.78 is 0.740. The van der Waals surface area contributed by atoms with Crippen molar-refractivity contribution < 1.29 is 4.79 Å². The average Bonchev–Trinajstić information content (AvgIpc) is 2.51. The largest absolute Gasteiger partial charge is 0.347 e. The van der Waals surface area contributed by atoms with Gasteiger partial charge in [-0.25, -0.2) is 4.98 Å². The minimum Gasteiger partial charge on any atom is -0.347 e. The first-order valence-electron chi connectivity index (χ1n) is 4.06. The molecule has 1 heterocycles. The van der Waals surface area contributed by atoms with Crippen LogP contribution in [-0.2, 0) is 0 Å². The van der Waals surface area contributed by atoms with E-state index >= 15 is 0 Å². The molecule has 1 N–H and O–H groups in total. The van der Waals surface area contributed by atoms with Crippen LogP contribution < -0.4 is 5.32 Å². The van der Waals surface area contributed by atoms with Gasteiger partial charge in [0, 0.05) is 6.04 Å². The standard InChI is InChI=1S/C8H10BrClN2OS/c1-4(10)5(2)12-8(13)6-7(9)14-3-11-6/h3-5H,1-2H3,(H,12,13). The van der Waals surface area contributed by atoms with Crippen molar-refractivity contribution in [2.45, 2.75) is 25.3 Å². The van der Waals surface area contributed by atoms with E-state index in [1.165, 1.54) is 11.3 Å². The fourth-order valence-electron chi connectivity index (χ4n) is 0.770. The molecular weight excluding hydrogens is 288 g/mol. The van der Waals surface area contributed by atoms with E-state index in [1.54, 1.807) is 5.51 Å². The second kappa shape index (κ2) is 5.09. The van der Waals surface area contributed by atoms with Gasteiger partial charge in [0.15, 0.2) is 5.69 Å². The molecule has 0 aliphatic carbocycles. The predicted octanol–water partition coefficient (Wildman–Crippen LogP) is 2.65. The molecule has 1 aromatic rings. The lowest BCUT2D eigenvalue weighted by Gasteiger charge is -2.14. The summed E-state index contributed by atoms with van der Waals surface area (Å²) in [5, 5.41) is 2.67. The van der Waals surface area contributed by atoms with Crippen LogP contribution in [0.1, 0.15) is 24.3 Å². The van der Waals surface area contributed by atoms with Crippen LogP contribution in [0.2, 0.25) is 0 Å². The van der Waals surface area contributed by atoms with E-state index < -0.39 is 0 Å². The van der Waals surface area contributed by atoms with Crippen molar-refractivity contribution in [1.82, 2.24) is 10.3 Å². The third-order valence-electron chi connectivity index (χ3n) is 1.79. The molecule has 0 saturated heterocycles. The first-order valence-corrected chi connectivity index (χ1v) is 6.17. The number of carbonyl (C=O) groups excluding carboxylic acids is 1. The fourth-order valence-corrected chi connectivity index (χ4v) is 1.87. The molecule has 1 amide bonds. The molecule has 6 heteroatoms. The Morgan fingerprint density at radius 2 is 2.36 bits per heavy atom. The molecule has 0 saturated carbocycles. The van der Waals surface area contributed by atoms with E-state index in [4.69, 9.17) is 11.6 Å². The Kier molecular flexibility index (Phi) is 4.34. The SMILES string of the molecule is CC(Cl)C(C)NC(=O)c1ncsc1Br. The van der Waals surface area contributed by atoms with E-state index in [0.717, 1.165) is 3.79 Å². The number of aromatic nitrogens is 1. The van der Waals surface area contributed by atoms with Gasteiger partial charge in [-0.2, -0.15) is 0 Å². The van der Waals surface area contributed by atoms with Crippen LogP contribution in [0.3, 0.4) is 0 Å². The van der Waals surface area contributed by atoms with Crippen molar-refractivity contribution >= 4 is 44.8 Å². The summed E-state index contributed by atoms with van der Waals surface area (Å²) >= 11 is 10.5. The first kappa shape index (κ1) is 11.9. The van der Waals surface area contributed by atoms with Crippen LogP contribution in [0.25, 0.3) is 0 Å². The summed E-state index contributed by atoms with van der Waals surface area (Å²) in [6, 6.07) is -0.0715. The minimum absolute atomic E-state index is 0.0715. The normalized spacial score (nSPS) is 14.9. The number of nitrogens with zero attached hydrogens (tertiary/aromatic N) is 1. The Bertz CT molecular complexity index is 329. The molecule has 0 spiro atoms. The van der Waals surface area contributed by atoms with Gasteiger partial charge in [-0.3, -0.25) is 4.79 Å². The molecule has 1 aromatic heterocycles. The van der Waals surface area contributed by atoms with Crippen molar-refractivity contribution in [3.63, 3.8) is 0 Å². The molecule has 0 aliphatic rings. The summed E-state index contributed by atoms with van der Waals surface area (Å²) in [6.45, 7) is 3.69. The van der Waals surface area contributed by atoms with Crippen LogP contribution in [0.15, 0.2) is 9.30 Å². The molecular formula is C8H10BrClN2OS. The zero-order valence-corrected chi connectivity index (χ0v) is 10.9. The Balaban J connectivity index is 2.64.